The lowest BCUT2D eigenvalue weighted by atomic mass is 10.00. The molecule has 4 rings (SSSR count). The molecule has 1 N–H and O–H groups in total. The quantitative estimate of drug-likeness (QED) is 0.788. The summed E-state index contributed by atoms with van der Waals surface area (Å²) in [6.07, 6.45) is 3.53. The minimum absolute atomic E-state index is 0.0135. The molecule has 2 heterocycles. The highest BCUT2D eigenvalue weighted by atomic mass is 32.2. The largest absolute Gasteiger partial charge is 0.493 e. The molecule has 2 aromatic rings. The highest BCUT2D eigenvalue weighted by Gasteiger charge is 2.27. The molecular formula is C22H26N2O4S. The average Bonchev–Trinajstić information content (AvgIpc) is 3.29. The summed E-state index contributed by atoms with van der Waals surface area (Å²) in [4.78, 5) is 12.8. The molecule has 2 aromatic carbocycles. The Morgan fingerprint density at radius 3 is 2.55 bits per heavy atom. The number of benzene rings is 2. The molecule has 2 aliphatic heterocycles. The molecule has 0 radical (unpaired) electrons. The third-order valence-corrected chi connectivity index (χ3v) is 7.47. The second-order valence-electron chi connectivity index (χ2n) is 7.55. The van der Waals surface area contributed by atoms with Gasteiger partial charge in [0, 0.05) is 31.5 Å². The molecular weight excluding hydrogens is 388 g/mol. The van der Waals surface area contributed by atoms with E-state index >= 15 is 0 Å². The van der Waals surface area contributed by atoms with Crippen LogP contribution in [-0.2, 0) is 21.2 Å². The van der Waals surface area contributed by atoms with Crippen LogP contribution in [0.3, 0.4) is 0 Å². The zero-order valence-corrected chi connectivity index (χ0v) is 17.2. The highest BCUT2D eigenvalue weighted by molar-refractivity contribution is 7.89. The van der Waals surface area contributed by atoms with Crippen molar-refractivity contribution in [3.63, 3.8) is 0 Å². The number of ether oxygens (including phenoxy) is 1. The first-order valence-corrected chi connectivity index (χ1v) is 11.6. The van der Waals surface area contributed by atoms with Crippen LogP contribution in [0.4, 0.5) is 0 Å². The molecule has 2 aliphatic rings. The van der Waals surface area contributed by atoms with Crippen LogP contribution in [0.5, 0.6) is 5.75 Å². The predicted molar refractivity (Wildman–Crippen MR) is 110 cm³/mol. The first kappa shape index (κ1) is 19.9. The zero-order chi connectivity index (χ0) is 20.3. The van der Waals surface area contributed by atoms with Crippen LogP contribution in [-0.4, -0.2) is 38.3 Å². The number of carbonyl (C=O) groups is 1. The lowest BCUT2D eigenvalue weighted by molar-refractivity contribution is -0.122. The molecule has 0 bridgehead atoms. The second kappa shape index (κ2) is 8.55. The van der Waals surface area contributed by atoms with Crippen LogP contribution in [0.1, 0.15) is 42.9 Å². The molecule has 1 fully saturated rings. The zero-order valence-electron chi connectivity index (χ0n) is 16.3. The number of nitrogens with one attached hydrogen (secondary N) is 1. The molecule has 1 amide bonds. The molecule has 0 unspecified atom stereocenters. The number of hydrogen-bond donors (Lipinski definition) is 1. The molecule has 0 aliphatic carbocycles. The van der Waals surface area contributed by atoms with Crippen LogP contribution in [0.15, 0.2) is 53.4 Å². The Hall–Kier alpha value is -2.38. The third kappa shape index (κ3) is 4.46. The van der Waals surface area contributed by atoms with Crippen LogP contribution in [0.2, 0.25) is 0 Å². The van der Waals surface area contributed by atoms with Gasteiger partial charge in [-0.25, -0.2) is 8.42 Å². The lowest BCUT2D eigenvalue weighted by Gasteiger charge is -2.26. The molecule has 1 atom stereocenters. The van der Waals surface area contributed by atoms with Crippen molar-refractivity contribution in [1.82, 2.24) is 9.62 Å². The van der Waals surface area contributed by atoms with Gasteiger partial charge in [0.1, 0.15) is 5.75 Å². The van der Waals surface area contributed by atoms with Gasteiger partial charge >= 0.3 is 0 Å². The number of hydrogen-bond acceptors (Lipinski definition) is 4. The second-order valence-corrected chi connectivity index (χ2v) is 9.49. The van der Waals surface area contributed by atoms with E-state index in [1.54, 1.807) is 28.6 Å². The average molecular weight is 415 g/mol. The fraction of sp³-hybridized carbons (Fsp3) is 0.409. The van der Waals surface area contributed by atoms with Gasteiger partial charge in [-0.2, -0.15) is 4.31 Å². The van der Waals surface area contributed by atoms with E-state index in [1.165, 1.54) is 0 Å². The number of sulfonamides is 1. The molecule has 6 nitrogen and oxygen atoms in total. The first-order valence-electron chi connectivity index (χ1n) is 10.1. The minimum Gasteiger partial charge on any atom is -0.493 e. The molecule has 0 spiro atoms. The smallest absolute Gasteiger partial charge is 0.243 e. The summed E-state index contributed by atoms with van der Waals surface area (Å²) >= 11 is 0. The lowest BCUT2D eigenvalue weighted by Crippen LogP contribution is -2.32. The maximum Gasteiger partial charge on any atom is 0.243 e. The Balaban J connectivity index is 1.33. The minimum atomic E-state index is -3.39. The van der Waals surface area contributed by atoms with E-state index in [1.807, 2.05) is 24.3 Å². The monoisotopic (exact) mass is 414 g/mol. The van der Waals surface area contributed by atoms with E-state index in [9.17, 15) is 13.2 Å². The van der Waals surface area contributed by atoms with Gasteiger partial charge < -0.3 is 10.1 Å². The van der Waals surface area contributed by atoms with Gasteiger partial charge in [-0.1, -0.05) is 30.3 Å². The number of nitrogens with zero attached hydrogens (tertiary/aromatic N) is 1. The number of amides is 1. The first-order chi connectivity index (χ1) is 14.0. The Morgan fingerprint density at radius 1 is 1.07 bits per heavy atom. The Morgan fingerprint density at radius 2 is 1.79 bits per heavy atom. The summed E-state index contributed by atoms with van der Waals surface area (Å²) in [6.45, 7) is 1.79. The Bertz CT molecular complexity index is 967. The molecule has 0 saturated carbocycles. The SMILES string of the molecule is O=C(CCc1ccc(S(=O)(=O)N2CCCC2)cc1)N[C@@H]1CCOc2ccccc21. The van der Waals surface area contributed by atoms with Crippen LogP contribution in [0.25, 0.3) is 0 Å². The van der Waals surface area contributed by atoms with Crippen molar-refractivity contribution >= 4 is 15.9 Å². The highest BCUT2D eigenvalue weighted by Crippen LogP contribution is 2.31. The number of rotatable bonds is 6. The van der Waals surface area contributed by atoms with Gasteiger partial charge in [0.05, 0.1) is 17.5 Å². The standard InChI is InChI=1S/C22H26N2O4S/c25-22(23-20-13-16-28-21-6-2-1-5-19(20)21)12-9-17-7-10-18(11-8-17)29(26,27)24-14-3-4-15-24/h1-2,5-8,10-11,20H,3-4,9,12-16H2,(H,23,25)/t20-/m1/s1. The van der Waals surface area contributed by atoms with E-state index in [4.69, 9.17) is 4.74 Å². The molecule has 29 heavy (non-hydrogen) atoms. The predicted octanol–water partition coefficient (Wildman–Crippen LogP) is 3.04. The van der Waals surface area contributed by atoms with Crippen molar-refractivity contribution in [3.8, 4) is 5.75 Å². The van der Waals surface area contributed by atoms with Crippen LogP contribution in [0, 0.1) is 0 Å². The van der Waals surface area contributed by atoms with Crippen molar-refractivity contribution in [2.45, 2.75) is 43.0 Å². The van der Waals surface area contributed by atoms with Gasteiger partial charge in [0.25, 0.3) is 0 Å². The number of aryl methyl sites for hydroxylation is 1. The van der Waals surface area contributed by atoms with E-state index in [-0.39, 0.29) is 11.9 Å². The summed E-state index contributed by atoms with van der Waals surface area (Å²) in [6, 6.07) is 14.7. The van der Waals surface area contributed by atoms with E-state index in [2.05, 4.69) is 5.32 Å². The van der Waals surface area contributed by atoms with Gasteiger partial charge in [-0.05, 0) is 43.0 Å². The fourth-order valence-corrected chi connectivity index (χ4v) is 5.44. The van der Waals surface area contributed by atoms with E-state index < -0.39 is 10.0 Å². The van der Waals surface area contributed by atoms with Crippen molar-refractivity contribution < 1.29 is 17.9 Å². The van der Waals surface area contributed by atoms with Gasteiger partial charge in [0.15, 0.2) is 0 Å². The van der Waals surface area contributed by atoms with Gasteiger partial charge in [0.2, 0.25) is 15.9 Å². The summed E-state index contributed by atoms with van der Waals surface area (Å²) in [7, 11) is -3.39. The number of fused-ring (bicyclic) bond motifs is 1. The van der Waals surface area contributed by atoms with Crippen molar-refractivity contribution in [1.29, 1.82) is 0 Å². The molecule has 154 valence electrons. The molecule has 7 heteroatoms. The maximum atomic E-state index is 12.6. The Labute approximate surface area is 171 Å². The topological polar surface area (TPSA) is 75.7 Å². The van der Waals surface area contributed by atoms with Crippen molar-refractivity contribution in [3.05, 3.63) is 59.7 Å². The third-order valence-electron chi connectivity index (χ3n) is 5.56. The molecule has 1 saturated heterocycles. The van der Waals surface area contributed by atoms with E-state index in [0.717, 1.165) is 36.1 Å². The number of carbonyl (C=O) groups excluding carboxylic acids is 1. The molecule has 0 aromatic heterocycles. The Kier molecular flexibility index (Phi) is 5.87. The number of para-hydroxylation sites is 1. The normalized spacial score (nSPS) is 19.4. The summed E-state index contributed by atoms with van der Waals surface area (Å²) in [5.74, 6) is 0.819. The van der Waals surface area contributed by atoms with Gasteiger partial charge in [-0.3, -0.25) is 4.79 Å². The summed E-state index contributed by atoms with van der Waals surface area (Å²) in [5.41, 5.74) is 1.97. The van der Waals surface area contributed by atoms with Crippen LogP contribution >= 0.6 is 0 Å². The maximum absolute atomic E-state index is 12.6. The summed E-state index contributed by atoms with van der Waals surface area (Å²) < 4.78 is 32.4. The van der Waals surface area contributed by atoms with E-state index in [0.29, 0.717) is 37.4 Å². The van der Waals surface area contributed by atoms with Gasteiger partial charge in [-0.15, -0.1) is 0 Å². The van der Waals surface area contributed by atoms with Crippen molar-refractivity contribution in [2.24, 2.45) is 0 Å². The summed E-state index contributed by atoms with van der Waals surface area (Å²) in [5, 5.41) is 3.10. The fourth-order valence-electron chi connectivity index (χ4n) is 3.92. The van der Waals surface area contributed by atoms with Crippen molar-refractivity contribution in [2.75, 3.05) is 19.7 Å². The van der Waals surface area contributed by atoms with Crippen LogP contribution < -0.4 is 10.1 Å².